The first kappa shape index (κ1) is 17.3. The maximum Gasteiger partial charge on any atom is 0.259 e. The summed E-state index contributed by atoms with van der Waals surface area (Å²) >= 11 is 1.60. The maximum absolute atomic E-state index is 13.1. The largest absolute Gasteiger partial charge is 0.357 e. The van der Waals surface area contributed by atoms with E-state index in [1.165, 1.54) is 16.3 Å². The van der Waals surface area contributed by atoms with Gasteiger partial charge < -0.3 is 4.74 Å². The lowest BCUT2D eigenvalue weighted by Gasteiger charge is -2.16. The van der Waals surface area contributed by atoms with E-state index in [0.29, 0.717) is 19.4 Å². The summed E-state index contributed by atoms with van der Waals surface area (Å²) in [5, 5.41) is 3.21. The van der Waals surface area contributed by atoms with Crippen LogP contribution >= 0.6 is 11.8 Å². The second kappa shape index (κ2) is 7.25. The molecule has 2 aromatic carbocycles. The van der Waals surface area contributed by atoms with Crippen molar-refractivity contribution in [3.8, 4) is 0 Å². The van der Waals surface area contributed by atoms with Crippen LogP contribution in [0.25, 0.3) is 10.8 Å². The molecule has 4 nitrogen and oxygen atoms in total. The number of nitrogens with zero attached hydrogens (tertiary/aromatic N) is 2. The van der Waals surface area contributed by atoms with Crippen LogP contribution in [-0.2, 0) is 17.6 Å². The molecule has 0 radical (unpaired) electrons. The van der Waals surface area contributed by atoms with Gasteiger partial charge in [0.25, 0.3) is 5.56 Å². The molecule has 134 valence electrons. The Hall–Kier alpha value is -2.11. The first-order valence-electron chi connectivity index (χ1n) is 9.08. The minimum Gasteiger partial charge on any atom is -0.357 e. The molecule has 0 N–H and O–H groups in total. The van der Waals surface area contributed by atoms with Crippen molar-refractivity contribution in [1.29, 1.82) is 0 Å². The van der Waals surface area contributed by atoms with Crippen LogP contribution in [0.15, 0.2) is 52.4 Å². The molecule has 1 aliphatic heterocycles. The van der Waals surface area contributed by atoms with Gasteiger partial charge in [0.05, 0.1) is 5.69 Å². The highest BCUT2D eigenvalue weighted by atomic mass is 32.2. The van der Waals surface area contributed by atoms with Gasteiger partial charge in [-0.3, -0.25) is 9.36 Å². The molecule has 1 atom stereocenters. The summed E-state index contributed by atoms with van der Waals surface area (Å²) in [6, 6.07) is 14.7. The van der Waals surface area contributed by atoms with Crippen LogP contribution in [-0.4, -0.2) is 21.9 Å². The van der Waals surface area contributed by atoms with Gasteiger partial charge in [-0.1, -0.05) is 61.2 Å². The van der Waals surface area contributed by atoms with E-state index in [9.17, 15) is 4.79 Å². The molecule has 0 aliphatic carbocycles. The van der Waals surface area contributed by atoms with Gasteiger partial charge in [-0.25, -0.2) is 4.98 Å². The van der Waals surface area contributed by atoms with E-state index in [1.807, 2.05) is 19.9 Å². The van der Waals surface area contributed by atoms with Crippen LogP contribution in [0.5, 0.6) is 0 Å². The van der Waals surface area contributed by atoms with Gasteiger partial charge in [0.1, 0.15) is 6.23 Å². The molecule has 0 fully saturated rings. The zero-order valence-electron chi connectivity index (χ0n) is 15.1. The molecule has 1 unspecified atom stereocenters. The number of ether oxygens (including phenoxy) is 1. The molecule has 0 amide bonds. The van der Waals surface area contributed by atoms with Gasteiger partial charge in [-0.15, -0.1) is 0 Å². The monoisotopic (exact) mass is 366 g/mol. The van der Waals surface area contributed by atoms with Crippen LogP contribution in [0.1, 0.15) is 36.9 Å². The average molecular weight is 366 g/mol. The molecule has 2 heterocycles. The van der Waals surface area contributed by atoms with Crippen molar-refractivity contribution in [3.63, 3.8) is 0 Å². The molecule has 5 heteroatoms. The highest BCUT2D eigenvalue weighted by Crippen LogP contribution is 2.32. The molecule has 0 spiro atoms. The van der Waals surface area contributed by atoms with E-state index in [0.717, 1.165) is 22.2 Å². The van der Waals surface area contributed by atoms with Gasteiger partial charge in [0.2, 0.25) is 0 Å². The molecule has 0 saturated heterocycles. The average Bonchev–Trinajstić information content (AvgIpc) is 3.06. The lowest BCUT2D eigenvalue weighted by Crippen LogP contribution is -2.30. The van der Waals surface area contributed by atoms with E-state index in [1.54, 1.807) is 16.3 Å². The number of benzene rings is 2. The van der Waals surface area contributed by atoms with Crippen molar-refractivity contribution < 1.29 is 4.74 Å². The highest BCUT2D eigenvalue weighted by Gasteiger charge is 2.28. The van der Waals surface area contributed by atoms with Crippen LogP contribution in [0.3, 0.4) is 0 Å². The number of rotatable bonds is 5. The molecule has 0 saturated carbocycles. The summed E-state index contributed by atoms with van der Waals surface area (Å²) in [6.07, 6.45) is 1.15. The maximum atomic E-state index is 13.1. The Labute approximate surface area is 157 Å². The topological polar surface area (TPSA) is 44.1 Å². The smallest absolute Gasteiger partial charge is 0.259 e. The predicted octanol–water partition coefficient (Wildman–Crippen LogP) is 4.19. The fourth-order valence-corrected chi connectivity index (χ4v) is 4.66. The normalized spacial score (nSPS) is 16.2. The van der Waals surface area contributed by atoms with E-state index in [2.05, 4.69) is 36.4 Å². The Morgan fingerprint density at radius 3 is 2.81 bits per heavy atom. The van der Waals surface area contributed by atoms with Crippen LogP contribution < -0.4 is 5.56 Å². The zero-order valence-corrected chi connectivity index (χ0v) is 15.9. The quantitative estimate of drug-likeness (QED) is 0.635. The number of hydrogen-bond donors (Lipinski definition) is 0. The van der Waals surface area contributed by atoms with Crippen LogP contribution in [0.4, 0.5) is 0 Å². The Morgan fingerprint density at radius 1 is 1.19 bits per heavy atom. The van der Waals surface area contributed by atoms with E-state index in [4.69, 9.17) is 9.72 Å². The molecular formula is C21H22N2O2S. The van der Waals surface area contributed by atoms with Crippen molar-refractivity contribution in [2.24, 2.45) is 0 Å². The number of fused-ring (bicyclic) bond motifs is 2. The Balaban J connectivity index is 1.80. The van der Waals surface area contributed by atoms with E-state index >= 15 is 0 Å². The summed E-state index contributed by atoms with van der Waals surface area (Å²) in [6.45, 7) is 4.57. The van der Waals surface area contributed by atoms with Gasteiger partial charge in [0, 0.05) is 24.3 Å². The molecule has 26 heavy (non-hydrogen) atoms. The van der Waals surface area contributed by atoms with Crippen molar-refractivity contribution in [2.45, 2.75) is 38.1 Å². The van der Waals surface area contributed by atoms with Gasteiger partial charge in [-0.05, 0) is 29.7 Å². The minimum atomic E-state index is -0.197. The summed E-state index contributed by atoms with van der Waals surface area (Å²) in [4.78, 5) is 17.9. The molecule has 4 rings (SSSR count). The summed E-state index contributed by atoms with van der Waals surface area (Å²) in [5.41, 5.74) is 2.95. The second-order valence-corrected chi connectivity index (χ2v) is 7.37. The predicted molar refractivity (Wildman–Crippen MR) is 106 cm³/mol. The van der Waals surface area contributed by atoms with E-state index in [-0.39, 0.29) is 11.8 Å². The van der Waals surface area contributed by atoms with Crippen molar-refractivity contribution in [1.82, 2.24) is 9.55 Å². The fraction of sp³-hybridized carbons (Fsp3) is 0.333. The van der Waals surface area contributed by atoms with Crippen molar-refractivity contribution >= 4 is 22.5 Å². The van der Waals surface area contributed by atoms with Gasteiger partial charge in [0.15, 0.2) is 5.16 Å². The highest BCUT2D eigenvalue weighted by molar-refractivity contribution is 7.99. The SMILES string of the molecule is CCOC1CSc2nc(Cc3cccc4ccccc34)c(CC)c(=O)n21. The summed E-state index contributed by atoms with van der Waals surface area (Å²) < 4.78 is 7.46. The molecule has 1 aliphatic rings. The Kier molecular flexibility index (Phi) is 4.83. The third-order valence-electron chi connectivity index (χ3n) is 4.86. The summed E-state index contributed by atoms with van der Waals surface area (Å²) in [7, 11) is 0. The first-order valence-corrected chi connectivity index (χ1v) is 10.1. The molecule has 1 aromatic heterocycles. The molecule has 3 aromatic rings. The number of thioether (sulfide) groups is 1. The van der Waals surface area contributed by atoms with Crippen LogP contribution in [0, 0.1) is 0 Å². The van der Waals surface area contributed by atoms with Gasteiger partial charge in [-0.2, -0.15) is 0 Å². The van der Waals surface area contributed by atoms with Gasteiger partial charge >= 0.3 is 0 Å². The lowest BCUT2D eigenvalue weighted by atomic mass is 9.98. The Morgan fingerprint density at radius 2 is 2.00 bits per heavy atom. The number of aromatic nitrogens is 2. The third-order valence-corrected chi connectivity index (χ3v) is 5.85. The lowest BCUT2D eigenvalue weighted by molar-refractivity contribution is 0.0233. The molecule has 0 bridgehead atoms. The zero-order chi connectivity index (χ0) is 18.1. The van der Waals surface area contributed by atoms with Crippen molar-refractivity contribution in [2.75, 3.05) is 12.4 Å². The van der Waals surface area contributed by atoms with Crippen molar-refractivity contribution in [3.05, 3.63) is 69.6 Å². The summed E-state index contributed by atoms with van der Waals surface area (Å²) in [5.74, 6) is 0.747. The second-order valence-electron chi connectivity index (χ2n) is 6.38. The van der Waals surface area contributed by atoms with Crippen LogP contribution in [0.2, 0.25) is 0 Å². The molecular weight excluding hydrogens is 344 g/mol. The Bertz CT molecular complexity index is 1010. The number of hydrogen-bond acceptors (Lipinski definition) is 4. The first-order chi connectivity index (χ1) is 12.7. The third kappa shape index (κ3) is 2.95. The standard InChI is InChI=1S/C21H22N2O2S/c1-3-16-18(12-15-10-7-9-14-8-5-6-11-17(14)15)22-21-23(20(16)24)19(13-26-21)25-4-2/h5-11,19H,3-4,12-13H2,1-2H3. The minimum absolute atomic E-state index is 0.0520. The fourth-order valence-electron chi connectivity index (χ4n) is 3.61. The van der Waals surface area contributed by atoms with E-state index < -0.39 is 0 Å².